The quantitative estimate of drug-likeness (QED) is 0.561. The summed E-state index contributed by atoms with van der Waals surface area (Å²) in [6, 6.07) is 18.9. The smallest absolute Gasteiger partial charge is 0.282 e. The molecular formula is C27H26N2O3. The molecule has 0 spiro atoms. The summed E-state index contributed by atoms with van der Waals surface area (Å²) in [6.07, 6.45) is 0. The molecule has 1 heterocycles. The zero-order valence-electron chi connectivity index (χ0n) is 18.9. The summed E-state index contributed by atoms with van der Waals surface area (Å²) in [5.41, 5.74) is 6.71. The summed E-state index contributed by atoms with van der Waals surface area (Å²) in [5.74, 6) is -0.0351. The van der Waals surface area contributed by atoms with E-state index < -0.39 is 0 Å². The SMILES string of the molecule is COc1ccc(C2=C(Nc3cc(C)cc(C)c3)C(=O)N(c3ccc(C)cc3C)C2=O)cc1. The largest absolute Gasteiger partial charge is 0.497 e. The predicted octanol–water partition coefficient (Wildman–Crippen LogP) is 5.33. The number of nitrogens with one attached hydrogen (secondary N) is 1. The van der Waals surface area contributed by atoms with Crippen LogP contribution in [0.2, 0.25) is 0 Å². The lowest BCUT2D eigenvalue weighted by atomic mass is 10.0. The first-order valence-corrected chi connectivity index (χ1v) is 10.5. The molecule has 0 unspecified atom stereocenters. The minimum atomic E-state index is -0.369. The van der Waals surface area contributed by atoms with Gasteiger partial charge in [-0.15, -0.1) is 0 Å². The van der Waals surface area contributed by atoms with E-state index >= 15 is 0 Å². The summed E-state index contributed by atoms with van der Waals surface area (Å²) in [5, 5.41) is 3.25. The summed E-state index contributed by atoms with van der Waals surface area (Å²) in [4.78, 5) is 28.5. The summed E-state index contributed by atoms with van der Waals surface area (Å²) < 4.78 is 5.25. The van der Waals surface area contributed by atoms with Gasteiger partial charge in [0.25, 0.3) is 11.8 Å². The van der Waals surface area contributed by atoms with Gasteiger partial charge in [-0.1, -0.05) is 35.9 Å². The van der Waals surface area contributed by atoms with Crippen LogP contribution in [0.4, 0.5) is 11.4 Å². The molecule has 0 aliphatic carbocycles. The van der Waals surface area contributed by atoms with Crippen LogP contribution in [0, 0.1) is 27.7 Å². The van der Waals surface area contributed by atoms with Crippen molar-refractivity contribution in [1.82, 2.24) is 0 Å². The predicted molar refractivity (Wildman–Crippen MR) is 128 cm³/mol. The van der Waals surface area contributed by atoms with Crippen molar-refractivity contribution in [3.8, 4) is 5.75 Å². The number of methoxy groups -OCH3 is 1. The van der Waals surface area contributed by atoms with E-state index in [-0.39, 0.29) is 17.5 Å². The van der Waals surface area contributed by atoms with Crippen LogP contribution < -0.4 is 15.0 Å². The molecule has 1 aliphatic heterocycles. The van der Waals surface area contributed by atoms with Crippen LogP contribution in [0.15, 0.2) is 66.4 Å². The molecular weight excluding hydrogens is 400 g/mol. The monoisotopic (exact) mass is 426 g/mol. The fourth-order valence-electron chi connectivity index (χ4n) is 4.14. The van der Waals surface area contributed by atoms with Gasteiger partial charge in [-0.3, -0.25) is 9.59 Å². The highest BCUT2D eigenvalue weighted by atomic mass is 16.5. The van der Waals surface area contributed by atoms with Gasteiger partial charge < -0.3 is 10.1 Å². The van der Waals surface area contributed by atoms with Crippen molar-refractivity contribution in [3.05, 3.63) is 94.2 Å². The summed E-state index contributed by atoms with van der Waals surface area (Å²) >= 11 is 0. The second-order valence-electron chi connectivity index (χ2n) is 8.22. The Labute approximate surface area is 188 Å². The Balaban J connectivity index is 1.84. The van der Waals surface area contributed by atoms with Crippen LogP contribution >= 0.6 is 0 Å². The molecule has 1 N–H and O–H groups in total. The first-order chi connectivity index (χ1) is 15.3. The Kier molecular flexibility index (Phi) is 5.57. The second kappa shape index (κ2) is 8.35. The van der Waals surface area contributed by atoms with Crippen LogP contribution in [0.25, 0.3) is 5.57 Å². The summed E-state index contributed by atoms with van der Waals surface area (Å²) in [7, 11) is 1.59. The van der Waals surface area contributed by atoms with Crippen molar-refractivity contribution in [3.63, 3.8) is 0 Å². The number of hydrogen-bond donors (Lipinski definition) is 1. The Morgan fingerprint density at radius 3 is 2.00 bits per heavy atom. The van der Waals surface area contributed by atoms with Crippen molar-refractivity contribution >= 4 is 28.8 Å². The third-order valence-corrected chi connectivity index (χ3v) is 5.55. The van der Waals surface area contributed by atoms with E-state index in [9.17, 15) is 9.59 Å². The van der Waals surface area contributed by atoms with E-state index in [2.05, 4.69) is 11.4 Å². The van der Waals surface area contributed by atoms with Crippen LogP contribution in [0.3, 0.4) is 0 Å². The molecule has 0 saturated carbocycles. The van der Waals surface area contributed by atoms with Gasteiger partial charge in [0.05, 0.1) is 18.4 Å². The van der Waals surface area contributed by atoms with Gasteiger partial charge in [0.2, 0.25) is 0 Å². The molecule has 3 aromatic carbocycles. The van der Waals surface area contributed by atoms with Gasteiger partial charge in [0.1, 0.15) is 11.4 Å². The minimum absolute atomic E-state index is 0.269. The number of anilines is 2. The minimum Gasteiger partial charge on any atom is -0.497 e. The lowest BCUT2D eigenvalue weighted by Gasteiger charge is -2.18. The van der Waals surface area contributed by atoms with E-state index in [0.29, 0.717) is 22.6 Å². The van der Waals surface area contributed by atoms with Crippen molar-refractivity contribution in [1.29, 1.82) is 0 Å². The van der Waals surface area contributed by atoms with Crippen molar-refractivity contribution in [2.45, 2.75) is 27.7 Å². The van der Waals surface area contributed by atoms with Gasteiger partial charge in [-0.05, 0) is 80.3 Å². The molecule has 2 amide bonds. The number of benzene rings is 3. The molecule has 3 aromatic rings. The van der Waals surface area contributed by atoms with Gasteiger partial charge >= 0.3 is 0 Å². The molecule has 32 heavy (non-hydrogen) atoms. The van der Waals surface area contributed by atoms with Gasteiger partial charge in [-0.2, -0.15) is 0 Å². The topological polar surface area (TPSA) is 58.6 Å². The van der Waals surface area contributed by atoms with Gasteiger partial charge in [-0.25, -0.2) is 4.90 Å². The molecule has 0 aromatic heterocycles. The van der Waals surface area contributed by atoms with E-state index in [1.54, 1.807) is 31.4 Å². The highest BCUT2D eigenvalue weighted by Gasteiger charge is 2.40. The first kappa shape index (κ1) is 21.4. The second-order valence-corrected chi connectivity index (χ2v) is 8.22. The Morgan fingerprint density at radius 1 is 0.750 bits per heavy atom. The van der Waals surface area contributed by atoms with Crippen LogP contribution in [-0.4, -0.2) is 18.9 Å². The maximum absolute atomic E-state index is 13.6. The average Bonchev–Trinajstić information content (AvgIpc) is 2.97. The molecule has 5 heteroatoms. The molecule has 162 valence electrons. The summed E-state index contributed by atoms with van der Waals surface area (Å²) in [6.45, 7) is 7.89. The number of ether oxygens (including phenoxy) is 1. The number of nitrogens with zero attached hydrogens (tertiary/aromatic N) is 1. The van der Waals surface area contributed by atoms with E-state index in [1.807, 2.05) is 58.0 Å². The number of imide groups is 1. The van der Waals surface area contributed by atoms with Crippen molar-refractivity contribution in [2.24, 2.45) is 0 Å². The van der Waals surface area contributed by atoms with Crippen molar-refractivity contribution < 1.29 is 14.3 Å². The number of aryl methyl sites for hydroxylation is 4. The Hall–Kier alpha value is -3.86. The van der Waals surface area contributed by atoms with Crippen LogP contribution in [-0.2, 0) is 9.59 Å². The molecule has 0 atom stereocenters. The third kappa shape index (κ3) is 3.89. The Morgan fingerprint density at radius 2 is 1.41 bits per heavy atom. The maximum Gasteiger partial charge on any atom is 0.282 e. The first-order valence-electron chi connectivity index (χ1n) is 10.5. The Bertz CT molecular complexity index is 1240. The molecule has 5 nitrogen and oxygen atoms in total. The standard InChI is InChI=1S/C27H26N2O3/c1-16-6-11-23(19(4)13-16)29-26(30)24(20-7-9-22(32-5)10-8-20)25(27(29)31)28-21-14-17(2)12-18(3)15-21/h6-15,28H,1-5H3. The molecule has 0 fully saturated rings. The zero-order chi connectivity index (χ0) is 23.0. The molecule has 0 saturated heterocycles. The number of amides is 2. The fourth-order valence-corrected chi connectivity index (χ4v) is 4.14. The maximum atomic E-state index is 13.6. The average molecular weight is 427 g/mol. The molecule has 0 radical (unpaired) electrons. The van der Waals surface area contributed by atoms with E-state index in [4.69, 9.17) is 4.74 Å². The lowest BCUT2D eigenvalue weighted by Crippen LogP contribution is -2.33. The van der Waals surface area contributed by atoms with Gasteiger partial charge in [0.15, 0.2) is 0 Å². The van der Waals surface area contributed by atoms with E-state index in [0.717, 1.165) is 27.9 Å². The third-order valence-electron chi connectivity index (χ3n) is 5.55. The molecule has 1 aliphatic rings. The van der Waals surface area contributed by atoms with Gasteiger partial charge in [0, 0.05) is 5.69 Å². The lowest BCUT2D eigenvalue weighted by molar-refractivity contribution is -0.120. The highest BCUT2D eigenvalue weighted by molar-refractivity contribution is 6.46. The van der Waals surface area contributed by atoms with Crippen LogP contribution in [0.5, 0.6) is 5.75 Å². The normalized spacial score (nSPS) is 13.7. The fraction of sp³-hybridized carbons (Fsp3) is 0.185. The highest BCUT2D eigenvalue weighted by Crippen LogP contribution is 2.36. The number of rotatable bonds is 5. The van der Waals surface area contributed by atoms with E-state index in [1.165, 1.54) is 4.90 Å². The molecule has 0 bridgehead atoms. The number of carbonyl (C=O) groups excluding carboxylic acids is 2. The number of hydrogen-bond acceptors (Lipinski definition) is 4. The zero-order valence-corrected chi connectivity index (χ0v) is 18.9. The van der Waals surface area contributed by atoms with Crippen molar-refractivity contribution in [2.75, 3.05) is 17.3 Å². The molecule has 4 rings (SSSR count). The number of carbonyl (C=O) groups is 2. The van der Waals surface area contributed by atoms with Crippen LogP contribution in [0.1, 0.15) is 27.8 Å².